The van der Waals surface area contributed by atoms with Crippen molar-refractivity contribution in [2.45, 2.75) is 43.5 Å². The van der Waals surface area contributed by atoms with Crippen molar-refractivity contribution >= 4 is 21.7 Å². The SMILES string of the molecule is CCS(=O)(=O)c1ccc(CC(=O)N[C@@H]2CCC[C@@H]2C(=O)O)cc1. The average Bonchev–Trinajstić information content (AvgIpc) is 2.96. The number of carboxylic acid groups (broad SMARTS) is 1. The predicted octanol–water partition coefficient (Wildman–Crippen LogP) is 1.39. The van der Waals surface area contributed by atoms with E-state index in [4.69, 9.17) is 5.11 Å². The summed E-state index contributed by atoms with van der Waals surface area (Å²) in [5, 5.41) is 11.9. The third-order valence-corrected chi connectivity index (χ3v) is 5.96. The van der Waals surface area contributed by atoms with Gasteiger partial charge in [0.25, 0.3) is 0 Å². The minimum atomic E-state index is -3.24. The van der Waals surface area contributed by atoms with Crippen LogP contribution in [0.1, 0.15) is 31.7 Å². The van der Waals surface area contributed by atoms with Crippen molar-refractivity contribution in [3.63, 3.8) is 0 Å². The molecule has 6 nitrogen and oxygen atoms in total. The van der Waals surface area contributed by atoms with E-state index in [0.29, 0.717) is 18.4 Å². The lowest BCUT2D eigenvalue weighted by Gasteiger charge is -2.17. The molecule has 0 saturated heterocycles. The number of aliphatic carboxylic acids is 1. The summed E-state index contributed by atoms with van der Waals surface area (Å²) in [6.07, 6.45) is 2.17. The van der Waals surface area contributed by atoms with Crippen LogP contribution in [0.15, 0.2) is 29.2 Å². The second kappa shape index (κ2) is 7.12. The lowest BCUT2D eigenvalue weighted by Crippen LogP contribution is -2.40. The van der Waals surface area contributed by atoms with Crippen LogP contribution in [0.5, 0.6) is 0 Å². The molecule has 7 heteroatoms. The molecule has 0 heterocycles. The Kier molecular flexibility index (Phi) is 5.41. The first-order valence-corrected chi connectivity index (χ1v) is 9.32. The highest BCUT2D eigenvalue weighted by molar-refractivity contribution is 7.91. The van der Waals surface area contributed by atoms with E-state index in [0.717, 1.165) is 6.42 Å². The van der Waals surface area contributed by atoms with Gasteiger partial charge in [0.1, 0.15) is 0 Å². The quantitative estimate of drug-likeness (QED) is 0.816. The van der Waals surface area contributed by atoms with Crippen LogP contribution in [-0.2, 0) is 25.8 Å². The Morgan fingerprint density at radius 1 is 1.22 bits per heavy atom. The van der Waals surface area contributed by atoms with Gasteiger partial charge in [0.15, 0.2) is 9.84 Å². The normalized spacial score (nSPS) is 21.1. The van der Waals surface area contributed by atoms with Crippen LogP contribution in [0.25, 0.3) is 0 Å². The summed E-state index contributed by atoms with van der Waals surface area (Å²) in [4.78, 5) is 23.4. The van der Waals surface area contributed by atoms with Crippen molar-refractivity contribution in [2.24, 2.45) is 5.92 Å². The molecule has 0 bridgehead atoms. The highest BCUT2D eigenvalue weighted by atomic mass is 32.2. The van der Waals surface area contributed by atoms with Gasteiger partial charge >= 0.3 is 5.97 Å². The number of carbonyl (C=O) groups excluding carboxylic acids is 1. The van der Waals surface area contributed by atoms with E-state index in [2.05, 4.69) is 5.32 Å². The fraction of sp³-hybridized carbons (Fsp3) is 0.500. The average molecular weight is 339 g/mol. The van der Waals surface area contributed by atoms with E-state index in [9.17, 15) is 18.0 Å². The van der Waals surface area contributed by atoms with Gasteiger partial charge in [-0.3, -0.25) is 9.59 Å². The molecule has 2 atom stereocenters. The number of sulfone groups is 1. The second-order valence-electron chi connectivity index (χ2n) is 5.77. The Morgan fingerprint density at radius 3 is 2.43 bits per heavy atom. The van der Waals surface area contributed by atoms with Gasteiger partial charge in [-0.25, -0.2) is 8.42 Å². The number of rotatable bonds is 6. The summed E-state index contributed by atoms with van der Waals surface area (Å²) in [6.45, 7) is 1.58. The number of hydrogen-bond acceptors (Lipinski definition) is 4. The fourth-order valence-electron chi connectivity index (χ4n) is 2.85. The molecule has 0 aliphatic heterocycles. The minimum absolute atomic E-state index is 0.0328. The van der Waals surface area contributed by atoms with Gasteiger partial charge in [-0.05, 0) is 30.5 Å². The van der Waals surface area contributed by atoms with Gasteiger partial charge < -0.3 is 10.4 Å². The maximum absolute atomic E-state index is 12.1. The maximum Gasteiger partial charge on any atom is 0.308 e. The largest absolute Gasteiger partial charge is 0.481 e. The van der Waals surface area contributed by atoms with Crippen molar-refractivity contribution < 1.29 is 23.1 Å². The molecular weight excluding hydrogens is 318 g/mol. The summed E-state index contributed by atoms with van der Waals surface area (Å²) < 4.78 is 23.5. The fourth-order valence-corrected chi connectivity index (χ4v) is 3.74. The Labute approximate surface area is 135 Å². The lowest BCUT2D eigenvalue weighted by atomic mass is 10.0. The number of nitrogens with one attached hydrogen (secondary N) is 1. The van der Waals surface area contributed by atoms with Crippen LogP contribution in [0.3, 0.4) is 0 Å². The molecule has 1 amide bonds. The topological polar surface area (TPSA) is 101 Å². The smallest absolute Gasteiger partial charge is 0.308 e. The third kappa shape index (κ3) is 4.31. The molecule has 1 aliphatic rings. The Bertz CT molecular complexity index is 681. The van der Waals surface area contributed by atoms with Gasteiger partial charge in [0, 0.05) is 6.04 Å². The van der Waals surface area contributed by atoms with Crippen LogP contribution >= 0.6 is 0 Å². The predicted molar refractivity (Wildman–Crippen MR) is 84.8 cm³/mol. The second-order valence-corrected chi connectivity index (χ2v) is 8.05. The number of carboxylic acids is 1. The molecule has 0 aromatic heterocycles. The lowest BCUT2D eigenvalue weighted by molar-refractivity contribution is -0.142. The van der Waals surface area contributed by atoms with Crippen molar-refractivity contribution in [1.82, 2.24) is 5.32 Å². The number of amides is 1. The molecule has 1 fully saturated rings. The first-order valence-electron chi connectivity index (χ1n) is 7.67. The third-order valence-electron chi connectivity index (χ3n) is 4.21. The summed E-state index contributed by atoms with van der Waals surface area (Å²) in [5.74, 6) is -1.60. The van der Waals surface area contributed by atoms with Crippen LogP contribution in [0.2, 0.25) is 0 Å². The number of benzene rings is 1. The van der Waals surface area contributed by atoms with Gasteiger partial charge in [0.2, 0.25) is 5.91 Å². The Balaban J connectivity index is 1.97. The molecule has 2 rings (SSSR count). The molecule has 2 N–H and O–H groups in total. The molecule has 1 aliphatic carbocycles. The van der Waals surface area contributed by atoms with Gasteiger partial charge in [-0.1, -0.05) is 25.5 Å². The number of carbonyl (C=O) groups is 2. The summed E-state index contributed by atoms with van der Waals surface area (Å²) in [7, 11) is -3.24. The van der Waals surface area contributed by atoms with E-state index >= 15 is 0 Å². The summed E-state index contributed by atoms with van der Waals surface area (Å²) >= 11 is 0. The molecular formula is C16H21NO5S. The standard InChI is InChI=1S/C16H21NO5S/c1-2-23(21,22)12-8-6-11(7-9-12)10-15(18)17-14-5-3-4-13(14)16(19)20/h6-9,13-14H,2-5,10H2,1H3,(H,17,18)(H,19,20)/t13-,14+/m0/s1. The van der Waals surface area contributed by atoms with Crippen molar-refractivity contribution in [1.29, 1.82) is 0 Å². The minimum Gasteiger partial charge on any atom is -0.481 e. The molecule has 1 aromatic rings. The van der Waals surface area contributed by atoms with Gasteiger partial charge in [0.05, 0.1) is 23.0 Å². The summed E-state index contributed by atoms with van der Waals surface area (Å²) in [6, 6.07) is 5.91. The molecule has 0 radical (unpaired) electrons. The van der Waals surface area contributed by atoms with Gasteiger partial charge in [-0.2, -0.15) is 0 Å². The van der Waals surface area contributed by atoms with Crippen molar-refractivity contribution in [3.8, 4) is 0 Å². The highest BCUT2D eigenvalue weighted by Gasteiger charge is 2.33. The van der Waals surface area contributed by atoms with E-state index < -0.39 is 21.7 Å². The van der Waals surface area contributed by atoms with Crippen LogP contribution < -0.4 is 5.32 Å². The summed E-state index contributed by atoms with van der Waals surface area (Å²) in [5.41, 5.74) is 0.697. The zero-order valence-electron chi connectivity index (χ0n) is 13.0. The zero-order valence-corrected chi connectivity index (χ0v) is 13.8. The van der Waals surface area contributed by atoms with E-state index in [1.165, 1.54) is 12.1 Å². The van der Waals surface area contributed by atoms with E-state index in [1.54, 1.807) is 19.1 Å². The van der Waals surface area contributed by atoms with Gasteiger partial charge in [-0.15, -0.1) is 0 Å². The van der Waals surface area contributed by atoms with Crippen LogP contribution in [0.4, 0.5) is 0 Å². The van der Waals surface area contributed by atoms with Crippen molar-refractivity contribution in [2.75, 3.05) is 5.75 Å². The maximum atomic E-state index is 12.1. The number of hydrogen-bond donors (Lipinski definition) is 2. The molecule has 0 spiro atoms. The first-order chi connectivity index (χ1) is 10.8. The molecule has 1 aromatic carbocycles. The first kappa shape index (κ1) is 17.5. The highest BCUT2D eigenvalue weighted by Crippen LogP contribution is 2.25. The molecule has 23 heavy (non-hydrogen) atoms. The molecule has 0 unspecified atom stereocenters. The van der Waals surface area contributed by atoms with E-state index in [1.807, 2.05) is 0 Å². The van der Waals surface area contributed by atoms with Crippen LogP contribution in [0, 0.1) is 5.92 Å². The Hall–Kier alpha value is -1.89. The Morgan fingerprint density at radius 2 is 1.87 bits per heavy atom. The monoisotopic (exact) mass is 339 g/mol. The zero-order chi connectivity index (χ0) is 17.0. The molecule has 1 saturated carbocycles. The van der Waals surface area contributed by atoms with Crippen molar-refractivity contribution in [3.05, 3.63) is 29.8 Å². The van der Waals surface area contributed by atoms with E-state index in [-0.39, 0.29) is 29.0 Å². The van der Waals surface area contributed by atoms with Crippen LogP contribution in [-0.4, -0.2) is 37.2 Å². The molecule has 126 valence electrons.